The lowest BCUT2D eigenvalue weighted by molar-refractivity contribution is -0.140. The van der Waals surface area contributed by atoms with Crippen molar-refractivity contribution in [1.29, 1.82) is 5.41 Å². The smallest absolute Gasteiger partial charge is 0.345 e. The first-order valence-electron chi connectivity index (χ1n) is 14.1. The number of alkyl halides is 3. The van der Waals surface area contributed by atoms with E-state index in [0.717, 1.165) is 44.0 Å². The van der Waals surface area contributed by atoms with Crippen molar-refractivity contribution in [3.8, 4) is 11.1 Å². The molecule has 0 bridgehead atoms. The van der Waals surface area contributed by atoms with Gasteiger partial charge in [-0.25, -0.2) is 4.39 Å². The van der Waals surface area contributed by atoms with Crippen molar-refractivity contribution in [2.75, 3.05) is 0 Å². The summed E-state index contributed by atoms with van der Waals surface area (Å²) in [7, 11) is 0. The highest BCUT2D eigenvalue weighted by atomic mass is 19.4. The fourth-order valence-corrected chi connectivity index (χ4v) is 5.44. The third kappa shape index (κ3) is 6.03. The average molecular weight is 578 g/mol. The molecule has 0 spiro atoms. The number of hydrogen-bond acceptors (Lipinski definition) is 3. The quantitative estimate of drug-likeness (QED) is 0.219. The van der Waals surface area contributed by atoms with Crippen molar-refractivity contribution in [2.45, 2.75) is 57.9 Å². The first-order valence-corrected chi connectivity index (χ1v) is 14.1. The largest absolute Gasteiger partial charge is 0.433 e. The molecule has 42 heavy (non-hydrogen) atoms. The molecule has 0 aliphatic heterocycles. The van der Waals surface area contributed by atoms with Gasteiger partial charge in [0, 0.05) is 36.3 Å². The third-order valence-corrected chi connectivity index (χ3v) is 8.04. The molecule has 2 aliphatic carbocycles. The standard InChI is InChI=1S/C32H31F4N5O/c1-19-13-23(8-9-27(19)33)28(22-6-7-22)39-30(42)25-15-21(18-41-12-11-40(31(41)37)17-20-4-5-20)14-24(16-25)26-3-2-10-38-29(26)32(34,35)36/h2-3,8-16,20,22,28,37H,4-7,17-18H2,1H3,(H,39,42). The van der Waals surface area contributed by atoms with Crippen LogP contribution in [0, 0.1) is 30.0 Å². The number of amides is 1. The molecule has 1 unspecified atom stereocenters. The molecule has 10 heteroatoms. The maximum absolute atomic E-state index is 14.0. The molecule has 6 nitrogen and oxygen atoms in total. The van der Waals surface area contributed by atoms with E-state index in [1.54, 1.807) is 42.0 Å². The predicted octanol–water partition coefficient (Wildman–Crippen LogP) is 6.64. The van der Waals surface area contributed by atoms with Crippen molar-refractivity contribution >= 4 is 5.91 Å². The number of carbonyl (C=O) groups is 1. The van der Waals surface area contributed by atoms with E-state index in [9.17, 15) is 22.4 Å². The molecule has 2 aromatic heterocycles. The van der Waals surface area contributed by atoms with E-state index in [-0.39, 0.29) is 46.6 Å². The van der Waals surface area contributed by atoms with E-state index >= 15 is 0 Å². The predicted molar refractivity (Wildman–Crippen MR) is 149 cm³/mol. The van der Waals surface area contributed by atoms with Crippen LogP contribution in [0.25, 0.3) is 11.1 Å². The Hall–Kier alpha value is -4.21. The normalized spacial score (nSPS) is 15.9. The molecule has 2 heterocycles. The van der Waals surface area contributed by atoms with E-state index in [2.05, 4.69) is 10.3 Å². The molecule has 1 amide bonds. The number of rotatable bonds is 9. The molecular weight excluding hydrogens is 546 g/mol. The van der Waals surface area contributed by atoms with Gasteiger partial charge in [0.25, 0.3) is 5.91 Å². The van der Waals surface area contributed by atoms with Crippen LogP contribution in [0.15, 0.2) is 67.1 Å². The van der Waals surface area contributed by atoms with Gasteiger partial charge in [-0.1, -0.05) is 18.2 Å². The molecule has 2 saturated carbocycles. The van der Waals surface area contributed by atoms with Gasteiger partial charge in [-0.2, -0.15) is 13.2 Å². The van der Waals surface area contributed by atoms with Gasteiger partial charge >= 0.3 is 6.18 Å². The van der Waals surface area contributed by atoms with Crippen LogP contribution < -0.4 is 10.9 Å². The van der Waals surface area contributed by atoms with Gasteiger partial charge in [0.15, 0.2) is 5.69 Å². The Bertz CT molecular complexity index is 1700. The van der Waals surface area contributed by atoms with E-state index < -0.39 is 17.8 Å². The summed E-state index contributed by atoms with van der Waals surface area (Å²) in [6, 6.07) is 11.9. The Morgan fingerprint density at radius 1 is 1.07 bits per heavy atom. The van der Waals surface area contributed by atoms with E-state index in [1.807, 2.05) is 10.8 Å². The minimum atomic E-state index is -4.68. The number of benzene rings is 2. The highest BCUT2D eigenvalue weighted by Crippen LogP contribution is 2.42. The summed E-state index contributed by atoms with van der Waals surface area (Å²) in [5.74, 6) is 0.0106. The number of nitrogens with zero attached hydrogens (tertiary/aromatic N) is 3. The first-order chi connectivity index (χ1) is 20.1. The van der Waals surface area contributed by atoms with Gasteiger partial charge in [0.2, 0.25) is 5.62 Å². The lowest BCUT2D eigenvalue weighted by atomic mass is 9.96. The lowest BCUT2D eigenvalue weighted by Gasteiger charge is -2.20. The highest BCUT2D eigenvalue weighted by Gasteiger charge is 2.36. The van der Waals surface area contributed by atoms with Gasteiger partial charge in [0.1, 0.15) is 5.82 Å². The summed E-state index contributed by atoms with van der Waals surface area (Å²) in [5.41, 5.74) is 1.39. The van der Waals surface area contributed by atoms with Gasteiger partial charge in [-0.05, 0) is 97.0 Å². The van der Waals surface area contributed by atoms with Gasteiger partial charge in [0.05, 0.1) is 12.6 Å². The molecule has 1 atom stereocenters. The van der Waals surface area contributed by atoms with Gasteiger partial charge in [-0.3, -0.25) is 15.2 Å². The SMILES string of the molecule is Cc1cc(C(NC(=O)c2cc(Cn3ccn(CC4CC4)c3=N)cc(-c3cccnc3C(F)(F)F)c2)C2CC2)ccc1F. The van der Waals surface area contributed by atoms with Crippen molar-refractivity contribution in [3.63, 3.8) is 0 Å². The van der Waals surface area contributed by atoms with Crippen LogP contribution >= 0.6 is 0 Å². The summed E-state index contributed by atoms with van der Waals surface area (Å²) in [6.45, 7) is 2.63. The average Bonchev–Trinajstić information content (AvgIpc) is 3.89. The van der Waals surface area contributed by atoms with Crippen LogP contribution in [0.3, 0.4) is 0 Å². The Morgan fingerprint density at radius 2 is 1.83 bits per heavy atom. The molecule has 2 fully saturated rings. The summed E-state index contributed by atoms with van der Waals surface area (Å²) < 4.78 is 59.3. The van der Waals surface area contributed by atoms with Crippen molar-refractivity contribution in [2.24, 2.45) is 11.8 Å². The minimum Gasteiger partial charge on any atom is -0.345 e. The van der Waals surface area contributed by atoms with Crippen LogP contribution in [0.4, 0.5) is 17.6 Å². The molecule has 6 rings (SSSR count). The van der Waals surface area contributed by atoms with Gasteiger partial charge in [-0.15, -0.1) is 0 Å². The number of imidazole rings is 1. The summed E-state index contributed by atoms with van der Waals surface area (Å²) in [4.78, 5) is 17.3. The second kappa shape index (κ2) is 10.9. The minimum absolute atomic E-state index is 0.129. The zero-order valence-corrected chi connectivity index (χ0v) is 23.1. The molecule has 2 aromatic carbocycles. The molecule has 0 saturated heterocycles. The monoisotopic (exact) mass is 577 g/mol. The van der Waals surface area contributed by atoms with Gasteiger partial charge < -0.3 is 14.5 Å². The van der Waals surface area contributed by atoms with Crippen molar-refractivity contribution < 1.29 is 22.4 Å². The van der Waals surface area contributed by atoms with Crippen LogP contribution in [0.5, 0.6) is 0 Å². The Balaban J connectivity index is 1.37. The van der Waals surface area contributed by atoms with E-state index in [1.165, 1.54) is 24.3 Å². The van der Waals surface area contributed by atoms with Crippen molar-refractivity contribution in [3.05, 3.63) is 107 Å². The number of hydrogen-bond donors (Lipinski definition) is 2. The maximum atomic E-state index is 14.0. The highest BCUT2D eigenvalue weighted by molar-refractivity contribution is 5.96. The third-order valence-electron chi connectivity index (χ3n) is 8.04. The Labute approximate surface area is 240 Å². The molecule has 0 radical (unpaired) electrons. The van der Waals surface area contributed by atoms with Crippen molar-refractivity contribution in [1.82, 2.24) is 19.4 Å². The number of pyridine rings is 1. The topological polar surface area (TPSA) is 75.7 Å². The van der Waals surface area contributed by atoms with E-state index in [4.69, 9.17) is 5.41 Å². The maximum Gasteiger partial charge on any atom is 0.433 e. The number of halogens is 4. The lowest BCUT2D eigenvalue weighted by Crippen LogP contribution is -2.30. The molecular formula is C32H31F4N5O. The Kier molecular flexibility index (Phi) is 7.24. The number of aromatic nitrogens is 3. The number of carbonyl (C=O) groups excluding carboxylic acids is 1. The Morgan fingerprint density at radius 3 is 2.52 bits per heavy atom. The number of aryl methyl sites for hydroxylation is 1. The second-order valence-electron chi connectivity index (χ2n) is 11.5. The second-order valence-corrected chi connectivity index (χ2v) is 11.5. The first kappa shape index (κ1) is 27.9. The van der Waals surface area contributed by atoms with Crippen LogP contribution in [0.2, 0.25) is 0 Å². The molecule has 2 aliphatic rings. The molecule has 4 aromatic rings. The molecule has 218 valence electrons. The summed E-state index contributed by atoms with van der Waals surface area (Å²) >= 11 is 0. The van der Waals surface area contributed by atoms with Crippen LogP contribution in [0.1, 0.15) is 64.5 Å². The fourth-order valence-electron chi connectivity index (χ4n) is 5.44. The summed E-state index contributed by atoms with van der Waals surface area (Å²) in [6.07, 6.45) is 4.15. The fraction of sp³-hybridized carbons (Fsp3) is 0.344. The number of nitrogens with one attached hydrogen (secondary N) is 2. The molecule has 2 N–H and O–H groups in total. The van der Waals surface area contributed by atoms with Crippen LogP contribution in [-0.4, -0.2) is 20.0 Å². The summed E-state index contributed by atoms with van der Waals surface area (Å²) in [5, 5.41) is 11.7. The zero-order chi connectivity index (χ0) is 29.6. The zero-order valence-electron chi connectivity index (χ0n) is 23.1. The van der Waals surface area contributed by atoms with Crippen LogP contribution in [-0.2, 0) is 19.3 Å². The van der Waals surface area contributed by atoms with E-state index in [0.29, 0.717) is 17.0 Å².